The van der Waals surface area contributed by atoms with Crippen molar-refractivity contribution >= 4 is 11.5 Å². The average Bonchev–Trinajstić information content (AvgIpc) is 3.02. The molecule has 0 aliphatic rings. The number of ether oxygens (including phenoxy) is 1. The summed E-state index contributed by atoms with van der Waals surface area (Å²) in [6, 6.07) is 11.5. The molecule has 0 bridgehead atoms. The topological polar surface area (TPSA) is 71.7 Å². The molecule has 0 saturated carbocycles. The number of aliphatic hydroxyl groups excluding tert-OH is 1. The van der Waals surface area contributed by atoms with Crippen molar-refractivity contribution in [3.8, 4) is 17.0 Å². The maximum Gasteiger partial charge on any atom is 0.154 e. The van der Waals surface area contributed by atoms with E-state index in [4.69, 9.17) is 4.74 Å². The van der Waals surface area contributed by atoms with Gasteiger partial charge in [0, 0.05) is 5.56 Å². The Balaban J connectivity index is 2.03. The number of anilines is 1. The number of benzene rings is 1. The molecule has 0 saturated heterocycles. The van der Waals surface area contributed by atoms with E-state index in [1.807, 2.05) is 36.4 Å². The van der Waals surface area contributed by atoms with Crippen molar-refractivity contribution in [1.29, 1.82) is 0 Å². The molecule has 0 fully saturated rings. The normalized spacial score (nSPS) is 12.5. The van der Waals surface area contributed by atoms with Crippen LogP contribution in [0.3, 0.4) is 0 Å². The summed E-state index contributed by atoms with van der Waals surface area (Å²) in [6.07, 6.45) is 1.79. The van der Waals surface area contributed by atoms with E-state index in [0.29, 0.717) is 11.7 Å². The van der Waals surface area contributed by atoms with E-state index in [1.165, 1.54) is 0 Å². The quantitative estimate of drug-likeness (QED) is 0.729. The highest BCUT2D eigenvalue weighted by Crippen LogP contribution is 2.29. The van der Waals surface area contributed by atoms with Gasteiger partial charge in [0.25, 0.3) is 0 Å². The summed E-state index contributed by atoms with van der Waals surface area (Å²) in [7, 11) is 1.65. The fourth-order valence-corrected chi connectivity index (χ4v) is 2.60. The van der Waals surface area contributed by atoms with Crippen LogP contribution < -0.4 is 10.1 Å². The lowest BCUT2D eigenvalue weighted by atomic mass is 10.1. The monoisotopic (exact) mass is 326 g/mol. The van der Waals surface area contributed by atoms with E-state index in [9.17, 15) is 5.11 Å². The number of hydrogen-bond donors (Lipinski definition) is 2. The van der Waals surface area contributed by atoms with Crippen LogP contribution in [-0.4, -0.2) is 39.5 Å². The number of imidazole rings is 1. The minimum Gasteiger partial charge on any atom is -0.496 e. The average molecular weight is 326 g/mol. The third kappa shape index (κ3) is 3.05. The van der Waals surface area contributed by atoms with Gasteiger partial charge in [0.1, 0.15) is 11.6 Å². The van der Waals surface area contributed by atoms with E-state index in [2.05, 4.69) is 29.2 Å². The molecule has 1 aromatic carbocycles. The van der Waals surface area contributed by atoms with Crippen LogP contribution in [-0.2, 0) is 0 Å². The zero-order valence-electron chi connectivity index (χ0n) is 14.1. The molecule has 0 aliphatic carbocycles. The molecular weight excluding hydrogens is 304 g/mol. The van der Waals surface area contributed by atoms with Crippen molar-refractivity contribution < 1.29 is 9.84 Å². The summed E-state index contributed by atoms with van der Waals surface area (Å²) in [4.78, 5) is 4.41. The molecule has 0 unspecified atom stereocenters. The fourth-order valence-electron chi connectivity index (χ4n) is 2.60. The molecule has 126 valence electrons. The van der Waals surface area contributed by atoms with Crippen LogP contribution in [0.1, 0.15) is 13.8 Å². The van der Waals surface area contributed by atoms with Gasteiger partial charge < -0.3 is 15.2 Å². The van der Waals surface area contributed by atoms with Crippen LogP contribution in [0.5, 0.6) is 5.75 Å². The maximum absolute atomic E-state index is 9.51. The lowest BCUT2D eigenvalue weighted by molar-refractivity contribution is 0.249. The van der Waals surface area contributed by atoms with Crippen LogP contribution in [0.4, 0.5) is 5.82 Å². The number of rotatable bonds is 6. The summed E-state index contributed by atoms with van der Waals surface area (Å²) in [6.45, 7) is 4.18. The van der Waals surface area contributed by atoms with Crippen LogP contribution in [0.2, 0.25) is 0 Å². The van der Waals surface area contributed by atoms with E-state index < -0.39 is 0 Å². The number of nitrogens with one attached hydrogen (secondary N) is 1. The minimum absolute atomic E-state index is 0.0480. The Hall–Kier alpha value is -2.60. The Morgan fingerprint density at radius 2 is 2.00 bits per heavy atom. The smallest absolute Gasteiger partial charge is 0.154 e. The summed E-state index contributed by atoms with van der Waals surface area (Å²) in [5, 5.41) is 17.4. The zero-order chi connectivity index (χ0) is 17.1. The molecule has 0 radical (unpaired) electrons. The number of para-hydroxylation sites is 1. The highest BCUT2D eigenvalue weighted by atomic mass is 16.5. The first-order valence-corrected chi connectivity index (χ1v) is 7.99. The number of aromatic nitrogens is 3. The molecule has 1 atom stereocenters. The molecule has 0 amide bonds. The molecule has 3 aromatic rings. The first-order chi connectivity index (χ1) is 11.6. The van der Waals surface area contributed by atoms with Gasteiger partial charge in [-0.05, 0) is 30.2 Å². The number of aliphatic hydroxyl groups is 1. The second kappa shape index (κ2) is 6.88. The van der Waals surface area contributed by atoms with E-state index >= 15 is 0 Å². The van der Waals surface area contributed by atoms with Crippen molar-refractivity contribution in [2.45, 2.75) is 19.9 Å². The van der Waals surface area contributed by atoms with Crippen molar-refractivity contribution in [1.82, 2.24) is 14.6 Å². The number of methoxy groups -OCH3 is 1. The first-order valence-electron chi connectivity index (χ1n) is 7.99. The van der Waals surface area contributed by atoms with Gasteiger partial charge in [0.15, 0.2) is 5.65 Å². The molecular formula is C18H22N4O2. The van der Waals surface area contributed by atoms with Gasteiger partial charge >= 0.3 is 0 Å². The molecule has 2 aromatic heterocycles. The minimum atomic E-state index is -0.0480. The van der Waals surface area contributed by atoms with Gasteiger partial charge in [-0.2, -0.15) is 0 Å². The van der Waals surface area contributed by atoms with Gasteiger partial charge in [-0.25, -0.2) is 9.50 Å². The molecule has 2 heterocycles. The second-order valence-electron chi connectivity index (χ2n) is 6.01. The number of nitrogens with zero attached hydrogens (tertiary/aromatic N) is 3. The highest BCUT2D eigenvalue weighted by molar-refractivity contribution is 5.69. The Morgan fingerprint density at radius 1 is 1.21 bits per heavy atom. The van der Waals surface area contributed by atoms with Crippen molar-refractivity contribution in [3.63, 3.8) is 0 Å². The second-order valence-corrected chi connectivity index (χ2v) is 6.01. The summed E-state index contributed by atoms with van der Waals surface area (Å²) < 4.78 is 7.23. The molecule has 6 heteroatoms. The molecule has 3 rings (SSSR count). The Bertz CT molecular complexity index is 829. The SMILES string of the molecule is COc1ccccc1-c1cnc2ccc(N[C@H](CO)C(C)C)nn12. The van der Waals surface area contributed by atoms with Crippen molar-refractivity contribution in [2.24, 2.45) is 5.92 Å². The predicted octanol–water partition coefficient (Wildman–Crippen LogP) is 2.83. The van der Waals surface area contributed by atoms with Crippen LogP contribution in [0.15, 0.2) is 42.6 Å². The van der Waals surface area contributed by atoms with Crippen molar-refractivity contribution in [3.05, 3.63) is 42.6 Å². The third-order valence-electron chi connectivity index (χ3n) is 4.08. The van der Waals surface area contributed by atoms with E-state index in [-0.39, 0.29) is 12.6 Å². The molecule has 0 aliphatic heterocycles. The highest BCUT2D eigenvalue weighted by Gasteiger charge is 2.15. The summed E-state index contributed by atoms with van der Waals surface area (Å²) in [5.41, 5.74) is 2.54. The Kier molecular flexibility index (Phi) is 4.66. The molecule has 24 heavy (non-hydrogen) atoms. The molecule has 0 spiro atoms. The Labute approximate surface area is 141 Å². The summed E-state index contributed by atoms with van der Waals surface area (Å²) in [5.74, 6) is 1.77. The zero-order valence-corrected chi connectivity index (χ0v) is 14.1. The van der Waals surface area contributed by atoms with Gasteiger partial charge in [-0.15, -0.1) is 5.10 Å². The van der Waals surface area contributed by atoms with Crippen LogP contribution in [0, 0.1) is 5.92 Å². The maximum atomic E-state index is 9.51. The Morgan fingerprint density at radius 3 is 2.71 bits per heavy atom. The van der Waals surface area contributed by atoms with Crippen LogP contribution >= 0.6 is 0 Å². The summed E-state index contributed by atoms with van der Waals surface area (Å²) >= 11 is 0. The standard InChI is InChI=1S/C18H22N4O2/c1-12(2)14(11-23)20-17-8-9-18-19-10-15(22(18)21-17)13-6-4-5-7-16(13)24-3/h4-10,12,14,23H,11H2,1-3H3,(H,20,21)/t14-/m1/s1. The van der Waals surface area contributed by atoms with Gasteiger partial charge in [0.05, 0.1) is 31.6 Å². The van der Waals surface area contributed by atoms with E-state index in [0.717, 1.165) is 22.7 Å². The molecule has 6 nitrogen and oxygen atoms in total. The lowest BCUT2D eigenvalue weighted by Crippen LogP contribution is -2.30. The first kappa shape index (κ1) is 16.3. The number of fused-ring (bicyclic) bond motifs is 1. The largest absolute Gasteiger partial charge is 0.496 e. The fraction of sp³-hybridized carbons (Fsp3) is 0.333. The van der Waals surface area contributed by atoms with Gasteiger partial charge in [-0.1, -0.05) is 26.0 Å². The predicted molar refractivity (Wildman–Crippen MR) is 94.3 cm³/mol. The van der Waals surface area contributed by atoms with Crippen LogP contribution in [0.25, 0.3) is 16.9 Å². The van der Waals surface area contributed by atoms with Gasteiger partial charge in [0.2, 0.25) is 0 Å². The third-order valence-corrected chi connectivity index (χ3v) is 4.08. The molecule has 2 N–H and O–H groups in total. The number of hydrogen-bond acceptors (Lipinski definition) is 5. The van der Waals surface area contributed by atoms with E-state index in [1.54, 1.807) is 17.8 Å². The lowest BCUT2D eigenvalue weighted by Gasteiger charge is -2.20. The van der Waals surface area contributed by atoms with Crippen molar-refractivity contribution in [2.75, 3.05) is 19.0 Å². The van der Waals surface area contributed by atoms with Gasteiger partial charge in [-0.3, -0.25) is 0 Å².